The van der Waals surface area contributed by atoms with Crippen LogP contribution in [-0.2, 0) is 0 Å². The van der Waals surface area contributed by atoms with Crippen molar-refractivity contribution in [3.05, 3.63) is 113 Å². The SMILES string of the molecule is Cc1cccc(C)c1B1c2ccccc2C=C2C=C(c3ccccn3)C=CN12. The molecule has 5 rings (SSSR count). The van der Waals surface area contributed by atoms with Gasteiger partial charge in [0.05, 0.1) is 5.69 Å². The lowest BCUT2D eigenvalue weighted by Crippen LogP contribution is -2.58. The number of hydrogen-bond acceptors (Lipinski definition) is 2. The van der Waals surface area contributed by atoms with Crippen molar-refractivity contribution < 1.29 is 0 Å². The van der Waals surface area contributed by atoms with Gasteiger partial charge in [-0.15, -0.1) is 0 Å². The first-order chi connectivity index (χ1) is 13.7. The summed E-state index contributed by atoms with van der Waals surface area (Å²) in [6.07, 6.45) is 10.8. The van der Waals surface area contributed by atoms with Crippen LogP contribution in [0.5, 0.6) is 0 Å². The third-order valence-electron chi connectivity index (χ3n) is 5.66. The van der Waals surface area contributed by atoms with E-state index in [0.29, 0.717) is 0 Å². The Bertz CT molecular complexity index is 1120. The Morgan fingerprint density at radius 3 is 2.39 bits per heavy atom. The van der Waals surface area contributed by atoms with Crippen molar-refractivity contribution in [2.45, 2.75) is 13.8 Å². The van der Waals surface area contributed by atoms with E-state index in [1.54, 1.807) is 0 Å². The number of fused-ring (bicyclic) bond motifs is 2. The number of rotatable bonds is 2. The van der Waals surface area contributed by atoms with Gasteiger partial charge < -0.3 is 4.81 Å². The molecule has 0 unspecified atom stereocenters. The average molecular weight is 360 g/mol. The summed E-state index contributed by atoms with van der Waals surface area (Å²) >= 11 is 0. The minimum Gasteiger partial charge on any atom is -0.383 e. The number of nitrogens with zero attached hydrogens (tertiary/aromatic N) is 2. The Kier molecular flexibility index (Phi) is 4.02. The maximum Gasteiger partial charge on any atom is 0.328 e. The summed E-state index contributed by atoms with van der Waals surface area (Å²) in [6, 6.07) is 21.4. The molecule has 3 aromatic rings. The molecule has 2 nitrogen and oxygen atoms in total. The molecule has 3 heterocycles. The molecule has 28 heavy (non-hydrogen) atoms. The maximum atomic E-state index is 4.52. The van der Waals surface area contributed by atoms with Crippen molar-refractivity contribution in [1.82, 2.24) is 9.79 Å². The van der Waals surface area contributed by atoms with Gasteiger partial charge in [-0.05, 0) is 66.9 Å². The zero-order valence-electron chi connectivity index (χ0n) is 16.1. The summed E-state index contributed by atoms with van der Waals surface area (Å²) in [4.78, 5) is 6.92. The van der Waals surface area contributed by atoms with Crippen molar-refractivity contribution in [3.8, 4) is 0 Å². The van der Waals surface area contributed by atoms with Crippen LogP contribution >= 0.6 is 0 Å². The number of pyridine rings is 1. The van der Waals surface area contributed by atoms with E-state index in [1.165, 1.54) is 33.3 Å². The molecule has 0 saturated heterocycles. The molecule has 2 aliphatic heterocycles. The minimum atomic E-state index is 0.176. The Morgan fingerprint density at radius 2 is 1.61 bits per heavy atom. The second kappa shape index (κ2) is 6.68. The van der Waals surface area contributed by atoms with Gasteiger partial charge in [-0.25, -0.2) is 0 Å². The molecule has 3 heteroatoms. The lowest BCUT2D eigenvalue weighted by atomic mass is 9.45. The number of allylic oxidation sites excluding steroid dienone is 3. The fourth-order valence-corrected chi connectivity index (χ4v) is 4.33. The third kappa shape index (κ3) is 2.71. The molecular formula is C25H21BN2. The van der Waals surface area contributed by atoms with Crippen molar-refractivity contribution in [1.29, 1.82) is 0 Å². The fourth-order valence-electron chi connectivity index (χ4n) is 4.33. The number of aryl methyl sites for hydroxylation is 2. The Hall–Kier alpha value is -3.33. The maximum absolute atomic E-state index is 4.52. The van der Waals surface area contributed by atoms with Crippen LogP contribution in [0.3, 0.4) is 0 Å². The van der Waals surface area contributed by atoms with Crippen LogP contribution in [0, 0.1) is 13.8 Å². The molecule has 0 saturated carbocycles. The number of hydrogen-bond donors (Lipinski definition) is 0. The highest BCUT2D eigenvalue weighted by Crippen LogP contribution is 2.29. The van der Waals surface area contributed by atoms with Gasteiger partial charge >= 0.3 is 6.85 Å². The topological polar surface area (TPSA) is 16.1 Å². The molecule has 0 bridgehead atoms. The summed E-state index contributed by atoms with van der Waals surface area (Å²) < 4.78 is 0. The first kappa shape index (κ1) is 16.8. The molecular weight excluding hydrogens is 339 g/mol. The second-order valence-electron chi connectivity index (χ2n) is 7.44. The summed E-state index contributed by atoms with van der Waals surface area (Å²) in [7, 11) is 0. The zero-order chi connectivity index (χ0) is 19.1. The van der Waals surface area contributed by atoms with E-state index in [9.17, 15) is 0 Å². The summed E-state index contributed by atoms with van der Waals surface area (Å²) in [6.45, 7) is 4.60. The van der Waals surface area contributed by atoms with Gasteiger partial charge in [-0.3, -0.25) is 4.98 Å². The summed E-state index contributed by atoms with van der Waals surface area (Å²) in [5.41, 5.74) is 10.0. The Balaban J connectivity index is 1.69. The molecule has 134 valence electrons. The monoisotopic (exact) mass is 360 g/mol. The number of benzene rings is 2. The van der Waals surface area contributed by atoms with E-state index in [1.807, 2.05) is 18.3 Å². The van der Waals surface area contributed by atoms with Gasteiger partial charge in [0.15, 0.2) is 0 Å². The predicted molar refractivity (Wildman–Crippen MR) is 119 cm³/mol. The van der Waals surface area contributed by atoms with Crippen LogP contribution < -0.4 is 10.9 Å². The quantitative estimate of drug-likeness (QED) is 0.641. The van der Waals surface area contributed by atoms with Crippen LogP contribution in [0.25, 0.3) is 11.6 Å². The largest absolute Gasteiger partial charge is 0.383 e. The van der Waals surface area contributed by atoms with E-state index in [4.69, 9.17) is 0 Å². The standard InChI is InChI=1S/C25H21BN2/c1-18-8-7-9-19(2)25(18)26-23-11-4-3-10-20(23)16-22-17-21(13-15-28(22)26)24-12-5-6-14-27-24/h3-17H,1-2H3. The third-order valence-corrected chi connectivity index (χ3v) is 5.66. The molecule has 1 aromatic heterocycles. The van der Waals surface area contributed by atoms with Gasteiger partial charge in [0.2, 0.25) is 0 Å². The van der Waals surface area contributed by atoms with Crippen molar-refractivity contribution in [3.63, 3.8) is 0 Å². The summed E-state index contributed by atoms with van der Waals surface area (Å²) in [5, 5.41) is 0. The van der Waals surface area contributed by atoms with Gasteiger partial charge in [-0.1, -0.05) is 59.7 Å². The minimum absolute atomic E-state index is 0.176. The smallest absolute Gasteiger partial charge is 0.328 e. The lowest BCUT2D eigenvalue weighted by molar-refractivity contribution is 0.748. The van der Waals surface area contributed by atoms with Crippen LogP contribution in [0.1, 0.15) is 22.4 Å². The van der Waals surface area contributed by atoms with Crippen LogP contribution in [0.15, 0.2) is 90.9 Å². The summed E-state index contributed by atoms with van der Waals surface area (Å²) in [5.74, 6) is 0. The van der Waals surface area contributed by atoms with E-state index in [0.717, 1.165) is 11.3 Å². The molecule has 0 amide bonds. The Labute approximate surface area is 166 Å². The molecule has 0 atom stereocenters. The highest BCUT2D eigenvalue weighted by Gasteiger charge is 2.35. The predicted octanol–water partition coefficient (Wildman–Crippen LogP) is 4.07. The molecule has 0 N–H and O–H groups in total. The zero-order valence-corrected chi connectivity index (χ0v) is 16.1. The fraction of sp³-hybridized carbons (Fsp3) is 0.0800. The van der Waals surface area contributed by atoms with Gasteiger partial charge in [0.1, 0.15) is 0 Å². The highest BCUT2D eigenvalue weighted by atomic mass is 15.1. The van der Waals surface area contributed by atoms with Crippen LogP contribution in [0.4, 0.5) is 0 Å². The molecule has 0 fully saturated rings. The normalized spacial score (nSPS) is 14.9. The van der Waals surface area contributed by atoms with E-state index in [-0.39, 0.29) is 6.85 Å². The first-order valence-corrected chi connectivity index (χ1v) is 9.69. The van der Waals surface area contributed by atoms with E-state index in [2.05, 4.69) is 96.6 Å². The molecule has 0 spiro atoms. The van der Waals surface area contributed by atoms with E-state index < -0.39 is 0 Å². The highest BCUT2D eigenvalue weighted by molar-refractivity contribution is 6.85. The van der Waals surface area contributed by atoms with Gasteiger partial charge in [0.25, 0.3) is 0 Å². The Morgan fingerprint density at radius 1 is 0.821 bits per heavy atom. The van der Waals surface area contributed by atoms with E-state index >= 15 is 0 Å². The van der Waals surface area contributed by atoms with Crippen molar-refractivity contribution >= 4 is 29.4 Å². The number of aromatic nitrogens is 1. The van der Waals surface area contributed by atoms with Crippen LogP contribution in [-0.4, -0.2) is 16.6 Å². The molecule has 0 aliphatic carbocycles. The van der Waals surface area contributed by atoms with Gasteiger partial charge in [0, 0.05) is 17.5 Å². The average Bonchev–Trinajstić information content (AvgIpc) is 2.73. The van der Waals surface area contributed by atoms with Crippen molar-refractivity contribution in [2.24, 2.45) is 0 Å². The van der Waals surface area contributed by atoms with Crippen molar-refractivity contribution in [2.75, 3.05) is 0 Å². The molecule has 0 radical (unpaired) electrons. The molecule has 2 aromatic carbocycles. The van der Waals surface area contributed by atoms with Gasteiger partial charge in [-0.2, -0.15) is 0 Å². The second-order valence-corrected chi connectivity index (χ2v) is 7.44. The van der Waals surface area contributed by atoms with Crippen LogP contribution in [0.2, 0.25) is 0 Å². The molecule has 2 aliphatic rings. The lowest BCUT2D eigenvalue weighted by Gasteiger charge is -2.37. The first-order valence-electron chi connectivity index (χ1n) is 9.69.